The zero-order chi connectivity index (χ0) is 14.9. The van der Waals surface area contributed by atoms with Gasteiger partial charge >= 0.3 is 0 Å². The molecule has 0 radical (unpaired) electrons. The highest BCUT2D eigenvalue weighted by Crippen LogP contribution is 2.30. The molecule has 0 unspecified atom stereocenters. The summed E-state index contributed by atoms with van der Waals surface area (Å²) in [5.74, 6) is -1.26. The first-order valence-electron chi connectivity index (χ1n) is 6.03. The number of hydrogen-bond acceptors (Lipinski definition) is 4. The van der Waals surface area contributed by atoms with Gasteiger partial charge in [0.15, 0.2) is 12.6 Å². The maximum Gasteiger partial charge on any atom is 0.226 e. The Morgan fingerprint density at radius 3 is 1.45 bits per heavy atom. The van der Waals surface area contributed by atoms with E-state index < -0.39 is 11.6 Å². The molecule has 0 spiro atoms. The second-order valence-corrected chi connectivity index (χ2v) is 4.51. The Balaban J connectivity index is 3.03. The summed E-state index contributed by atoms with van der Waals surface area (Å²) >= 11 is 0. The topological polar surface area (TPSA) is 68.3 Å². The van der Waals surface area contributed by atoms with E-state index in [9.17, 15) is 19.2 Å². The molecule has 0 atom stereocenters. The molecule has 0 amide bonds. The van der Waals surface area contributed by atoms with Gasteiger partial charge in [0.05, 0.1) is 0 Å². The highest BCUT2D eigenvalue weighted by atomic mass is 16.2. The molecule has 2 rings (SSSR count). The van der Waals surface area contributed by atoms with Gasteiger partial charge in [-0.1, -0.05) is 24.3 Å². The van der Waals surface area contributed by atoms with Gasteiger partial charge in [-0.3, -0.25) is 19.2 Å². The number of rotatable bonds is 4. The third-order valence-electron chi connectivity index (χ3n) is 3.49. The molecule has 0 heterocycles. The van der Waals surface area contributed by atoms with Gasteiger partial charge in [0.1, 0.15) is 0 Å². The summed E-state index contributed by atoms with van der Waals surface area (Å²) in [6.45, 7) is 3.33. The molecule has 0 bridgehead atoms. The Hall–Kier alpha value is -2.62. The van der Waals surface area contributed by atoms with Gasteiger partial charge in [0, 0.05) is 11.1 Å². The molecule has 0 aliphatic carbocycles. The Morgan fingerprint density at radius 1 is 0.800 bits per heavy atom. The van der Waals surface area contributed by atoms with E-state index in [0.717, 1.165) is 0 Å². The van der Waals surface area contributed by atoms with E-state index in [1.54, 1.807) is 38.1 Å². The second kappa shape index (κ2) is 5.17. The molecule has 4 heteroatoms. The van der Waals surface area contributed by atoms with Crippen molar-refractivity contribution >= 4 is 34.9 Å². The molecular weight excluding hydrogens is 256 g/mol. The van der Waals surface area contributed by atoms with Crippen molar-refractivity contribution in [2.24, 2.45) is 0 Å². The first kappa shape index (κ1) is 13.8. The fraction of sp³-hybridized carbons (Fsp3) is 0.125. The maximum absolute atomic E-state index is 11.8. The lowest BCUT2D eigenvalue weighted by molar-refractivity contribution is -0.105. The molecule has 20 heavy (non-hydrogen) atoms. The van der Waals surface area contributed by atoms with Crippen molar-refractivity contribution in [2.75, 3.05) is 0 Å². The fourth-order valence-corrected chi connectivity index (χ4v) is 2.45. The second-order valence-electron chi connectivity index (χ2n) is 4.51. The predicted octanol–water partition coefficient (Wildman–Crippen LogP) is 2.22. The number of carbonyl (C=O) groups is 4. The molecule has 0 N–H and O–H groups in total. The largest absolute Gasteiger partial charge is 0.294 e. The lowest BCUT2D eigenvalue weighted by Crippen LogP contribution is -2.11. The molecule has 0 saturated carbocycles. The van der Waals surface area contributed by atoms with Crippen molar-refractivity contribution in [3.63, 3.8) is 0 Å². The Bertz CT molecular complexity index is 692. The van der Waals surface area contributed by atoms with E-state index in [0.29, 0.717) is 21.9 Å². The molecule has 0 saturated heterocycles. The maximum atomic E-state index is 11.8. The van der Waals surface area contributed by atoms with Crippen LogP contribution >= 0.6 is 0 Å². The Kier molecular flexibility index (Phi) is 3.57. The molecule has 2 aromatic rings. The fourth-order valence-electron chi connectivity index (χ4n) is 2.45. The molecule has 0 aliphatic heterocycles. The molecule has 0 fully saturated rings. The molecule has 4 nitrogen and oxygen atoms in total. The van der Waals surface area contributed by atoms with Gasteiger partial charge in [-0.15, -0.1) is 0 Å². The summed E-state index contributed by atoms with van der Waals surface area (Å²) in [5, 5.41) is 1.02. The van der Waals surface area contributed by atoms with Crippen LogP contribution in [0.3, 0.4) is 0 Å². The van der Waals surface area contributed by atoms with Gasteiger partial charge in [-0.05, 0) is 35.7 Å². The van der Waals surface area contributed by atoms with E-state index in [2.05, 4.69) is 0 Å². The standard InChI is InChI=1S/C16H12O4/c1-9-10(2)16(14(20)8-18)12-6-4-3-5-11(12)15(9)13(19)7-17/h3-8H,1-2H3. The van der Waals surface area contributed by atoms with Crippen LogP contribution in [0.1, 0.15) is 31.8 Å². The Morgan fingerprint density at radius 2 is 1.15 bits per heavy atom. The smallest absolute Gasteiger partial charge is 0.226 e. The van der Waals surface area contributed by atoms with Crippen LogP contribution in [0.5, 0.6) is 0 Å². The number of benzene rings is 2. The average molecular weight is 268 g/mol. The molecule has 100 valence electrons. The number of Topliss-reactive ketones (excluding diaryl/α,β-unsaturated/α-hetero) is 2. The number of hydrogen-bond donors (Lipinski definition) is 0. The summed E-state index contributed by atoms with van der Waals surface area (Å²) in [5.41, 5.74) is 1.67. The van der Waals surface area contributed by atoms with Crippen LogP contribution in [0, 0.1) is 13.8 Å². The van der Waals surface area contributed by atoms with Gasteiger partial charge < -0.3 is 0 Å². The summed E-state index contributed by atoms with van der Waals surface area (Å²) in [6, 6.07) is 6.77. The number of ketones is 2. The Labute approximate surface area is 115 Å². The summed E-state index contributed by atoms with van der Waals surface area (Å²) < 4.78 is 0. The van der Waals surface area contributed by atoms with E-state index in [1.807, 2.05) is 0 Å². The summed E-state index contributed by atoms with van der Waals surface area (Å²) in [6.07, 6.45) is 0.519. The first-order valence-corrected chi connectivity index (χ1v) is 6.03. The minimum absolute atomic E-state index is 0.259. The number of carbonyl (C=O) groups excluding carboxylic acids is 4. The van der Waals surface area contributed by atoms with E-state index in [4.69, 9.17) is 0 Å². The highest BCUT2D eigenvalue weighted by molar-refractivity contribution is 6.40. The zero-order valence-corrected chi connectivity index (χ0v) is 11.1. The quantitative estimate of drug-likeness (QED) is 0.484. The summed E-state index contributed by atoms with van der Waals surface area (Å²) in [4.78, 5) is 45.3. The van der Waals surface area contributed by atoms with Crippen LogP contribution in [0.2, 0.25) is 0 Å². The average Bonchev–Trinajstić information content (AvgIpc) is 2.47. The normalized spacial score (nSPS) is 10.3. The van der Waals surface area contributed by atoms with Crippen LogP contribution < -0.4 is 0 Å². The third-order valence-corrected chi connectivity index (χ3v) is 3.49. The molecule has 2 aromatic carbocycles. The minimum atomic E-state index is -0.632. The lowest BCUT2D eigenvalue weighted by Gasteiger charge is -2.14. The monoisotopic (exact) mass is 268 g/mol. The third kappa shape index (κ3) is 1.95. The molecular formula is C16H12O4. The van der Waals surface area contributed by atoms with Crippen LogP contribution in [-0.2, 0) is 9.59 Å². The van der Waals surface area contributed by atoms with Crippen molar-refractivity contribution in [1.29, 1.82) is 0 Å². The zero-order valence-electron chi connectivity index (χ0n) is 11.1. The van der Waals surface area contributed by atoms with Gasteiger partial charge in [0.25, 0.3) is 0 Å². The van der Waals surface area contributed by atoms with Crippen LogP contribution in [0.25, 0.3) is 10.8 Å². The summed E-state index contributed by atoms with van der Waals surface area (Å²) in [7, 11) is 0. The number of fused-ring (bicyclic) bond motifs is 1. The van der Waals surface area contributed by atoms with Crippen molar-refractivity contribution in [3.8, 4) is 0 Å². The van der Waals surface area contributed by atoms with Crippen molar-refractivity contribution in [2.45, 2.75) is 13.8 Å². The van der Waals surface area contributed by atoms with Crippen LogP contribution in [0.15, 0.2) is 24.3 Å². The van der Waals surface area contributed by atoms with Crippen molar-refractivity contribution in [3.05, 3.63) is 46.5 Å². The van der Waals surface area contributed by atoms with Gasteiger partial charge in [0.2, 0.25) is 11.6 Å². The van der Waals surface area contributed by atoms with E-state index in [1.165, 1.54) is 0 Å². The van der Waals surface area contributed by atoms with E-state index >= 15 is 0 Å². The molecule has 0 aliphatic rings. The van der Waals surface area contributed by atoms with Crippen LogP contribution in [0.4, 0.5) is 0 Å². The van der Waals surface area contributed by atoms with Gasteiger partial charge in [-0.2, -0.15) is 0 Å². The van der Waals surface area contributed by atoms with Crippen molar-refractivity contribution in [1.82, 2.24) is 0 Å². The van der Waals surface area contributed by atoms with E-state index in [-0.39, 0.29) is 23.7 Å². The first-order chi connectivity index (χ1) is 9.52. The van der Waals surface area contributed by atoms with Crippen LogP contribution in [-0.4, -0.2) is 24.1 Å². The minimum Gasteiger partial charge on any atom is -0.294 e. The van der Waals surface area contributed by atoms with Gasteiger partial charge in [-0.25, -0.2) is 0 Å². The lowest BCUT2D eigenvalue weighted by atomic mass is 9.87. The van der Waals surface area contributed by atoms with Crippen molar-refractivity contribution < 1.29 is 19.2 Å². The number of aldehydes is 2. The SMILES string of the molecule is Cc1c(C)c(C(=O)C=O)c2ccccc2c1C(=O)C=O. The highest BCUT2D eigenvalue weighted by Gasteiger charge is 2.21. The predicted molar refractivity (Wildman–Crippen MR) is 74.2 cm³/mol. The molecule has 0 aromatic heterocycles.